The highest BCUT2D eigenvalue weighted by atomic mass is 16.1. The highest BCUT2D eigenvalue weighted by Crippen LogP contribution is 2.31. The number of nitrogens with two attached hydrogens (primary N) is 1. The van der Waals surface area contributed by atoms with Crippen LogP contribution in [0.2, 0.25) is 0 Å². The van der Waals surface area contributed by atoms with E-state index >= 15 is 0 Å². The Labute approximate surface area is 210 Å². The van der Waals surface area contributed by atoms with E-state index in [9.17, 15) is 4.79 Å². The molecule has 1 aliphatic heterocycles. The Morgan fingerprint density at radius 3 is 2.64 bits per heavy atom. The number of para-hydroxylation sites is 2. The first-order valence-electron chi connectivity index (χ1n) is 11.9. The van der Waals surface area contributed by atoms with Crippen molar-refractivity contribution < 1.29 is 4.79 Å². The lowest BCUT2D eigenvalue weighted by Gasteiger charge is -2.16. The third kappa shape index (κ3) is 5.09. The lowest BCUT2D eigenvalue weighted by atomic mass is 10.0. The quantitative estimate of drug-likeness (QED) is 0.284. The molecule has 1 saturated heterocycles. The van der Waals surface area contributed by atoms with Crippen molar-refractivity contribution in [1.29, 1.82) is 0 Å². The summed E-state index contributed by atoms with van der Waals surface area (Å²) in [7, 11) is 0. The van der Waals surface area contributed by atoms with Crippen LogP contribution in [0.25, 0.3) is 16.1 Å². The SMILES string of the molecule is [C-]#[N+]c1cc(CN2CCC(c3ccccn3)C2)cnc1-c1ccc(C(=O)Nc2ccccc2N)cc1. The zero-order chi connectivity index (χ0) is 24.9. The number of benzene rings is 2. The van der Waals surface area contributed by atoms with Gasteiger partial charge in [-0.05, 0) is 66.6 Å². The van der Waals surface area contributed by atoms with Gasteiger partial charge in [0.1, 0.15) is 0 Å². The maximum atomic E-state index is 12.6. The van der Waals surface area contributed by atoms with Gasteiger partial charge in [0.15, 0.2) is 0 Å². The molecule has 0 saturated carbocycles. The van der Waals surface area contributed by atoms with Crippen LogP contribution in [0, 0.1) is 6.57 Å². The van der Waals surface area contributed by atoms with Gasteiger partial charge in [-0.3, -0.25) is 19.7 Å². The molecule has 0 radical (unpaired) electrons. The van der Waals surface area contributed by atoms with Gasteiger partial charge >= 0.3 is 0 Å². The molecule has 7 heteroatoms. The number of hydrogen-bond donors (Lipinski definition) is 2. The minimum atomic E-state index is -0.247. The number of carbonyl (C=O) groups is 1. The Bertz CT molecular complexity index is 1410. The Morgan fingerprint density at radius 1 is 1.08 bits per heavy atom. The van der Waals surface area contributed by atoms with Gasteiger partial charge in [0.05, 0.1) is 23.6 Å². The molecule has 178 valence electrons. The van der Waals surface area contributed by atoms with Gasteiger partial charge in [-0.15, -0.1) is 0 Å². The summed E-state index contributed by atoms with van der Waals surface area (Å²) in [5.41, 5.74) is 11.6. The molecular formula is C29H26N6O. The number of anilines is 2. The molecule has 1 unspecified atom stereocenters. The number of nitrogens with zero attached hydrogens (tertiary/aromatic N) is 4. The van der Waals surface area contributed by atoms with Gasteiger partial charge in [0.2, 0.25) is 5.69 Å². The van der Waals surface area contributed by atoms with Crippen molar-refractivity contribution in [3.05, 3.63) is 113 Å². The van der Waals surface area contributed by atoms with Crippen LogP contribution in [0.15, 0.2) is 85.2 Å². The summed E-state index contributed by atoms with van der Waals surface area (Å²) in [6, 6.07) is 22.2. The van der Waals surface area contributed by atoms with Crippen LogP contribution in [-0.2, 0) is 6.54 Å². The first-order chi connectivity index (χ1) is 17.6. The number of nitrogen functional groups attached to an aromatic ring is 1. The lowest BCUT2D eigenvalue weighted by Crippen LogP contribution is -2.20. The molecule has 0 bridgehead atoms. The summed E-state index contributed by atoms with van der Waals surface area (Å²) in [6.07, 6.45) is 4.77. The van der Waals surface area contributed by atoms with Crippen LogP contribution in [0.5, 0.6) is 0 Å². The summed E-state index contributed by atoms with van der Waals surface area (Å²) >= 11 is 0. The first kappa shape index (κ1) is 23.2. The number of carbonyl (C=O) groups excluding carboxylic acids is 1. The Hall–Kier alpha value is -4.54. The molecule has 5 rings (SSSR count). The smallest absolute Gasteiger partial charge is 0.255 e. The van der Waals surface area contributed by atoms with Crippen molar-refractivity contribution in [2.75, 3.05) is 24.1 Å². The summed E-state index contributed by atoms with van der Waals surface area (Å²) in [4.78, 5) is 27.9. The monoisotopic (exact) mass is 474 g/mol. The van der Waals surface area contributed by atoms with E-state index in [2.05, 4.69) is 31.1 Å². The predicted octanol–water partition coefficient (Wildman–Crippen LogP) is 5.52. The second-order valence-electron chi connectivity index (χ2n) is 8.92. The number of nitrogens with one attached hydrogen (secondary N) is 1. The molecule has 2 aromatic carbocycles. The van der Waals surface area contributed by atoms with Crippen LogP contribution in [-0.4, -0.2) is 33.9 Å². The molecule has 3 N–H and O–H groups in total. The molecule has 0 spiro atoms. The van der Waals surface area contributed by atoms with E-state index in [4.69, 9.17) is 12.3 Å². The summed E-state index contributed by atoms with van der Waals surface area (Å²) < 4.78 is 0. The molecule has 36 heavy (non-hydrogen) atoms. The van der Waals surface area contributed by atoms with Gasteiger partial charge in [0, 0.05) is 42.7 Å². The fourth-order valence-electron chi connectivity index (χ4n) is 4.57. The number of amides is 1. The molecular weight excluding hydrogens is 448 g/mol. The van der Waals surface area contributed by atoms with Gasteiger partial charge in [-0.25, -0.2) is 4.85 Å². The topological polar surface area (TPSA) is 88.5 Å². The van der Waals surface area contributed by atoms with Crippen LogP contribution in [0.3, 0.4) is 0 Å². The second kappa shape index (κ2) is 10.4. The van der Waals surface area contributed by atoms with E-state index < -0.39 is 0 Å². The molecule has 1 amide bonds. The second-order valence-corrected chi connectivity index (χ2v) is 8.92. The Balaban J connectivity index is 1.27. The van der Waals surface area contributed by atoms with Crippen molar-refractivity contribution in [2.24, 2.45) is 0 Å². The molecule has 0 aliphatic carbocycles. The third-order valence-corrected chi connectivity index (χ3v) is 6.46. The van der Waals surface area contributed by atoms with Crippen molar-refractivity contribution in [3.63, 3.8) is 0 Å². The highest BCUT2D eigenvalue weighted by molar-refractivity contribution is 6.06. The number of likely N-dealkylation sites (tertiary alicyclic amines) is 1. The average molecular weight is 475 g/mol. The Morgan fingerprint density at radius 2 is 1.89 bits per heavy atom. The predicted molar refractivity (Wildman–Crippen MR) is 142 cm³/mol. The van der Waals surface area contributed by atoms with Crippen molar-refractivity contribution in [1.82, 2.24) is 14.9 Å². The Kier molecular flexibility index (Phi) is 6.69. The largest absolute Gasteiger partial charge is 0.397 e. The van der Waals surface area contributed by atoms with E-state index in [0.29, 0.717) is 34.2 Å². The third-order valence-electron chi connectivity index (χ3n) is 6.46. The molecule has 1 atom stereocenters. The fourth-order valence-corrected chi connectivity index (χ4v) is 4.57. The number of aromatic nitrogens is 2. The van der Waals surface area contributed by atoms with Crippen LogP contribution < -0.4 is 11.1 Å². The minimum absolute atomic E-state index is 0.247. The lowest BCUT2D eigenvalue weighted by molar-refractivity contribution is 0.102. The standard InChI is InChI=1S/C29H26N6O/c1-31-27-16-20(18-35-15-13-23(19-35)25-7-4-5-14-32-25)17-33-28(27)21-9-11-22(12-10-21)29(36)34-26-8-3-2-6-24(26)30/h2-12,14,16-17,23H,13,15,18-19,30H2,(H,34,36). The van der Waals surface area contributed by atoms with Crippen molar-refractivity contribution in [2.45, 2.75) is 18.9 Å². The van der Waals surface area contributed by atoms with Crippen LogP contribution in [0.1, 0.15) is 34.0 Å². The fraction of sp³-hybridized carbons (Fsp3) is 0.172. The summed E-state index contributed by atoms with van der Waals surface area (Å²) in [5, 5.41) is 2.83. The maximum absolute atomic E-state index is 12.6. The maximum Gasteiger partial charge on any atom is 0.255 e. The summed E-state index contributed by atoms with van der Waals surface area (Å²) in [6.45, 7) is 10.4. The molecule has 1 fully saturated rings. The molecule has 4 aromatic rings. The van der Waals surface area contributed by atoms with Gasteiger partial charge in [-0.2, -0.15) is 0 Å². The number of rotatable bonds is 6. The summed E-state index contributed by atoms with van der Waals surface area (Å²) in [5.74, 6) is 0.190. The van der Waals surface area contributed by atoms with Gasteiger partial charge in [0.25, 0.3) is 5.91 Å². The van der Waals surface area contributed by atoms with Crippen LogP contribution in [0.4, 0.5) is 17.1 Å². The van der Waals surface area contributed by atoms with E-state index in [1.807, 2.05) is 54.9 Å². The van der Waals surface area contributed by atoms with E-state index in [1.54, 1.807) is 24.3 Å². The average Bonchev–Trinajstić information content (AvgIpc) is 3.39. The van der Waals surface area contributed by atoms with E-state index in [0.717, 1.165) is 42.9 Å². The molecule has 3 heterocycles. The van der Waals surface area contributed by atoms with Gasteiger partial charge in [-0.1, -0.05) is 30.3 Å². The van der Waals surface area contributed by atoms with E-state index in [-0.39, 0.29) is 5.91 Å². The molecule has 1 aliphatic rings. The van der Waals surface area contributed by atoms with Crippen LogP contribution >= 0.6 is 0 Å². The molecule has 2 aromatic heterocycles. The number of hydrogen-bond acceptors (Lipinski definition) is 5. The minimum Gasteiger partial charge on any atom is -0.397 e. The zero-order valence-electron chi connectivity index (χ0n) is 19.8. The van der Waals surface area contributed by atoms with Gasteiger partial charge < -0.3 is 11.1 Å². The van der Waals surface area contributed by atoms with Crippen molar-refractivity contribution in [3.8, 4) is 11.3 Å². The normalized spacial score (nSPS) is 15.4. The molecule has 7 nitrogen and oxygen atoms in total. The number of pyridine rings is 2. The highest BCUT2D eigenvalue weighted by Gasteiger charge is 2.25. The zero-order valence-corrected chi connectivity index (χ0v) is 19.8. The van der Waals surface area contributed by atoms with E-state index in [1.165, 1.54) is 0 Å². The van der Waals surface area contributed by atoms with Crippen molar-refractivity contribution >= 4 is 23.0 Å². The first-order valence-corrected chi connectivity index (χ1v) is 11.9.